The second-order valence-electron chi connectivity index (χ2n) is 4.37. The van der Waals surface area contributed by atoms with E-state index in [-0.39, 0.29) is 6.54 Å². The number of anilines is 1. The van der Waals surface area contributed by atoms with Gasteiger partial charge in [0.05, 0.1) is 11.2 Å². The zero-order valence-corrected chi connectivity index (χ0v) is 10.5. The molecular weight excluding hydrogens is 256 g/mol. The van der Waals surface area contributed by atoms with Crippen LogP contribution in [0.3, 0.4) is 0 Å². The van der Waals surface area contributed by atoms with Crippen molar-refractivity contribution in [2.75, 3.05) is 5.73 Å². The van der Waals surface area contributed by atoms with Crippen LogP contribution >= 0.6 is 0 Å². The van der Waals surface area contributed by atoms with Gasteiger partial charge in [-0.05, 0) is 24.3 Å². The summed E-state index contributed by atoms with van der Waals surface area (Å²) in [5, 5.41) is 9.09. The Morgan fingerprint density at radius 1 is 1.25 bits per heavy atom. The highest BCUT2D eigenvalue weighted by Crippen LogP contribution is 2.27. The van der Waals surface area contributed by atoms with Gasteiger partial charge in [0, 0.05) is 18.0 Å². The van der Waals surface area contributed by atoms with Gasteiger partial charge in [-0.2, -0.15) is 0 Å². The fourth-order valence-electron chi connectivity index (χ4n) is 2.19. The Labute approximate surface area is 114 Å². The van der Waals surface area contributed by atoms with Crippen LogP contribution in [-0.4, -0.2) is 25.6 Å². The second kappa shape index (κ2) is 4.65. The SMILES string of the molecule is Nc1cccc2c1nc(-c1ccncc1)n2CC(=O)O. The van der Waals surface area contributed by atoms with Gasteiger partial charge in [-0.3, -0.25) is 9.78 Å². The van der Waals surface area contributed by atoms with Gasteiger partial charge in [0.2, 0.25) is 0 Å². The van der Waals surface area contributed by atoms with Gasteiger partial charge in [0.1, 0.15) is 17.9 Å². The molecule has 0 amide bonds. The van der Waals surface area contributed by atoms with Crippen molar-refractivity contribution in [1.82, 2.24) is 14.5 Å². The number of hydrogen-bond acceptors (Lipinski definition) is 4. The van der Waals surface area contributed by atoms with Crippen LogP contribution in [0, 0.1) is 0 Å². The number of aromatic nitrogens is 3. The molecule has 3 rings (SSSR count). The van der Waals surface area contributed by atoms with Crippen molar-refractivity contribution in [3.63, 3.8) is 0 Å². The summed E-state index contributed by atoms with van der Waals surface area (Å²) in [7, 11) is 0. The van der Waals surface area contributed by atoms with E-state index < -0.39 is 5.97 Å². The number of carboxylic acids is 1. The normalized spacial score (nSPS) is 10.8. The topological polar surface area (TPSA) is 94.0 Å². The molecule has 1 aromatic carbocycles. The summed E-state index contributed by atoms with van der Waals surface area (Å²) in [4.78, 5) is 19.5. The van der Waals surface area contributed by atoms with E-state index in [9.17, 15) is 4.79 Å². The average molecular weight is 268 g/mol. The predicted molar refractivity (Wildman–Crippen MR) is 75.0 cm³/mol. The average Bonchev–Trinajstić information content (AvgIpc) is 2.80. The molecule has 0 saturated heterocycles. The molecule has 0 aliphatic heterocycles. The highest BCUT2D eigenvalue weighted by molar-refractivity contribution is 5.91. The van der Waals surface area contributed by atoms with E-state index in [1.54, 1.807) is 41.2 Å². The summed E-state index contributed by atoms with van der Waals surface area (Å²) in [6.45, 7) is -0.169. The number of imidazole rings is 1. The smallest absolute Gasteiger partial charge is 0.323 e. The maximum atomic E-state index is 11.1. The molecule has 0 spiro atoms. The van der Waals surface area contributed by atoms with Gasteiger partial charge in [-0.1, -0.05) is 6.07 Å². The minimum atomic E-state index is -0.929. The lowest BCUT2D eigenvalue weighted by molar-refractivity contribution is -0.137. The zero-order valence-electron chi connectivity index (χ0n) is 10.5. The van der Waals surface area contributed by atoms with E-state index in [2.05, 4.69) is 9.97 Å². The molecule has 0 aliphatic rings. The number of carboxylic acid groups (broad SMARTS) is 1. The maximum absolute atomic E-state index is 11.1. The fraction of sp³-hybridized carbons (Fsp3) is 0.0714. The number of pyridine rings is 1. The van der Waals surface area contributed by atoms with Crippen molar-refractivity contribution in [2.45, 2.75) is 6.54 Å². The van der Waals surface area contributed by atoms with E-state index >= 15 is 0 Å². The molecule has 6 heteroatoms. The van der Waals surface area contributed by atoms with E-state index in [4.69, 9.17) is 10.8 Å². The molecule has 0 radical (unpaired) electrons. The summed E-state index contributed by atoms with van der Waals surface area (Å²) >= 11 is 0. The van der Waals surface area contributed by atoms with Crippen LogP contribution in [0.4, 0.5) is 5.69 Å². The number of benzene rings is 1. The van der Waals surface area contributed by atoms with E-state index in [1.165, 1.54) is 0 Å². The van der Waals surface area contributed by atoms with Crippen LogP contribution < -0.4 is 5.73 Å². The maximum Gasteiger partial charge on any atom is 0.323 e. The summed E-state index contributed by atoms with van der Waals surface area (Å²) in [6.07, 6.45) is 3.28. The summed E-state index contributed by atoms with van der Waals surface area (Å²) < 4.78 is 1.64. The minimum absolute atomic E-state index is 0.169. The highest BCUT2D eigenvalue weighted by Gasteiger charge is 2.15. The second-order valence-corrected chi connectivity index (χ2v) is 4.37. The molecular formula is C14H12N4O2. The Morgan fingerprint density at radius 3 is 2.70 bits per heavy atom. The van der Waals surface area contributed by atoms with Crippen molar-refractivity contribution >= 4 is 22.7 Å². The van der Waals surface area contributed by atoms with Gasteiger partial charge < -0.3 is 15.4 Å². The summed E-state index contributed by atoms with van der Waals surface area (Å²) in [5.74, 6) is -0.357. The number of nitrogen functional groups attached to an aromatic ring is 1. The Hall–Kier alpha value is -2.89. The molecule has 3 aromatic rings. The van der Waals surface area contributed by atoms with Crippen LogP contribution in [0.25, 0.3) is 22.4 Å². The van der Waals surface area contributed by atoms with Crippen molar-refractivity contribution in [3.8, 4) is 11.4 Å². The van der Waals surface area contributed by atoms with Crippen LogP contribution in [0.2, 0.25) is 0 Å². The minimum Gasteiger partial charge on any atom is -0.480 e. The van der Waals surface area contributed by atoms with Crippen molar-refractivity contribution < 1.29 is 9.90 Å². The standard InChI is InChI=1S/C14H12N4O2/c15-10-2-1-3-11-13(10)17-14(18(11)8-12(19)20)9-4-6-16-7-5-9/h1-7H,8,15H2,(H,19,20). The number of para-hydroxylation sites is 1. The molecule has 20 heavy (non-hydrogen) atoms. The third kappa shape index (κ3) is 1.97. The number of nitrogens with two attached hydrogens (primary N) is 1. The van der Waals surface area contributed by atoms with Crippen LogP contribution in [0.1, 0.15) is 0 Å². The van der Waals surface area contributed by atoms with Gasteiger partial charge in [0.15, 0.2) is 0 Å². The lowest BCUT2D eigenvalue weighted by Crippen LogP contribution is -2.10. The van der Waals surface area contributed by atoms with Crippen LogP contribution in [0.5, 0.6) is 0 Å². The molecule has 100 valence electrons. The Bertz CT molecular complexity index is 780. The number of carbonyl (C=O) groups is 1. The number of nitrogens with zero attached hydrogens (tertiary/aromatic N) is 3. The third-order valence-electron chi connectivity index (χ3n) is 3.04. The van der Waals surface area contributed by atoms with Crippen molar-refractivity contribution in [3.05, 3.63) is 42.7 Å². The number of rotatable bonds is 3. The molecule has 2 heterocycles. The molecule has 0 fully saturated rings. The van der Waals surface area contributed by atoms with Crippen LogP contribution in [0.15, 0.2) is 42.7 Å². The predicted octanol–water partition coefficient (Wildman–Crippen LogP) is 1.77. The molecule has 0 atom stereocenters. The van der Waals surface area contributed by atoms with Crippen LogP contribution in [-0.2, 0) is 11.3 Å². The first kappa shape index (κ1) is 12.2. The highest BCUT2D eigenvalue weighted by atomic mass is 16.4. The van der Waals surface area contributed by atoms with E-state index in [0.717, 1.165) is 5.56 Å². The summed E-state index contributed by atoms with van der Waals surface area (Å²) in [5.41, 5.74) is 8.56. The summed E-state index contributed by atoms with van der Waals surface area (Å²) in [6, 6.07) is 8.92. The van der Waals surface area contributed by atoms with Gasteiger partial charge in [-0.15, -0.1) is 0 Å². The molecule has 0 unspecified atom stereocenters. The fourth-order valence-corrected chi connectivity index (χ4v) is 2.19. The lowest BCUT2D eigenvalue weighted by atomic mass is 10.2. The van der Waals surface area contributed by atoms with Gasteiger partial charge in [0.25, 0.3) is 0 Å². The molecule has 0 saturated carbocycles. The monoisotopic (exact) mass is 268 g/mol. The lowest BCUT2D eigenvalue weighted by Gasteiger charge is -2.06. The Kier molecular flexibility index (Phi) is 2.83. The molecule has 6 nitrogen and oxygen atoms in total. The third-order valence-corrected chi connectivity index (χ3v) is 3.04. The van der Waals surface area contributed by atoms with E-state index in [0.29, 0.717) is 22.5 Å². The molecule has 0 aliphatic carbocycles. The van der Waals surface area contributed by atoms with Crippen molar-refractivity contribution in [2.24, 2.45) is 0 Å². The first-order chi connectivity index (χ1) is 9.66. The zero-order chi connectivity index (χ0) is 14.1. The number of fused-ring (bicyclic) bond motifs is 1. The van der Waals surface area contributed by atoms with E-state index in [1.807, 2.05) is 6.07 Å². The Balaban J connectivity index is 2.30. The first-order valence-corrected chi connectivity index (χ1v) is 6.04. The van der Waals surface area contributed by atoms with Crippen molar-refractivity contribution in [1.29, 1.82) is 0 Å². The molecule has 2 aromatic heterocycles. The quantitative estimate of drug-likeness (QED) is 0.706. The van der Waals surface area contributed by atoms with Gasteiger partial charge >= 0.3 is 5.97 Å². The number of aliphatic carboxylic acids is 1. The van der Waals surface area contributed by atoms with Gasteiger partial charge in [-0.25, -0.2) is 4.98 Å². The largest absolute Gasteiger partial charge is 0.480 e. The number of hydrogen-bond donors (Lipinski definition) is 2. The molecule has 0 bridgehead atoms. The first-order valence-electron chi connectivity index (χ1n) is 6.04. The Morgan fingerprint density at radius 2 is 2.00 bits per heavy atom. The molecule has 3 N–H and O–H groups in total.